The lowest BCUT2D eigenvalue weighted by molar-refractivity contribution is 0.0725. The fraction of sp³-hybridized carbons (Fsp3) is 0.368. The van der Waals surface area contributed by atoms with Gasteiger partial charge in [0.05, 0.1) is 4.88 Å². The van der Waals surface area contributed by atoms with Crippen LogP contribution in [-0.2, 0) is 0 Å². The Kier molecular flexibility index (Phi) is 5.08. The molecule has 3 rings (SSSR count). The molecule has 2 N–H and O–H groups in total. The Bertz CT molecular complexity index is 800. The van der Waals surface area contributed by atoms with Crippen molar-refractivity contribution in [1.29, 1.82) is 0 Å². The predicted octanol–water partition coefficient (Wildman–Crippen LogP) is 3.11. The second-order valence-corrected chi connectivity index (χ2v) is 7.70. The monoisotopic (exact) mass is 358 g/mol. The summed E-state index contributed by atoms with van der Waals surface area (Å²) in [5, 5.41) is 12.6. The maximum atomic E-state index is 12.8. The molecule has 1 fully saturated rings. The molecule has 0 bridgehead atoms. The van der Waals surface area contributed by atoms with E-state index in [9.17, 15) is 14.7 Å². The molecule has 1 aromatic carbocycles. The maximum absolute atomic E-state index is 12.8. The van der Waals surface area contributed by atoms with E-state index in [0.29, 0.717) is 29.1 Å². The first-order valence-corrected chi connectivity index (χ1v) is 9.22. The van der Waals surface area contributed by atoms with E-state index >= 15 is 0 Å². The van der Waals surface area contributed by atoms with Gasteiger partial charge in [-0.3, -0.25) is 9.59 Å². The quantitative estimate of drug-likeness (QED) is 0.882. The Hall–Kier alpha value is -2.34. The average molecular weight is 358 g/mol. The number of thiophene rings is 1. The molecule has 2 aromatic rings. The summed E-state index contributed by atoms with van der Waals surface area (Å²) in [7, 11) is 0. The molecule has 25 heavy (non-hydrogen) atoms. The number of hydrogen-bond donors (Lipinski definition) is 2. The summed E-state index contributed by atoms with van der Waals surface area (Å²) in [6.07, 6.45) is 1.81. The van der Waals surface area contributed by atoms with Gasteiger partial charge in [-0.15, -0.1) is 11.3 Å². The van der Waals surface area contributed by atoms with Crippen LogP contribution in [0.2, 0.25) is 0 Å². The highest BCUT2D eigenvalue weighted by atomic mass is 32.1. The minimum Gasteiger partial charge on any atom is -0.508 e. The molecule has 6 heteroatoms. The van der Waals surface area contributed by atoms with E-state index in [1.165, 1.54) is 11.3 Å². The van der Waals surface area contributed by atoms with Crippen LogP contribution in [0.1, 0.15) is 43.3 Å². The summed E-state index contributed by atoms with van der Waals surface area (Å²) in [6, 6.07) is 8.66. The summed E-state index contributed by atoms with van der Waals surface area (Å²) in [5.74, 6) is 0.0534. The molecule has 0 spiro atoms. The lowest BCUT2D eigenvalue weighted by Gasteiger charge is -2.25. The number of phenols is 1. The Morgan fingerprint density at radius 2 is 2.08 bits per heavy atom. The van der Waals surface area contributed by atoms with Crippen LogP contribution in [0.25, 0.3) is 0 Å². The number of benzene rings is 1. The topological polar surface area (TPSA) is 69.6 Å². The smallest absolute Gasteiger partial charge is 0.261 e. The van der Waals surface area contributed by atoms with Crippen LogP contribution in [-0.4, -0.2) is 41.0 Å². The van der Waals surface area contributed by atoms with Gasteiger partial charge >= 0.3 is 0 Å². The van der Waals surface area contributed by atoms with E-state index in [0.717, 1.165) is 17.7 Å². The summed E-state index contributed by atoms with van der Waals surface area (Å²) in [4.78, 5) is 28.6. The minimum absolute atomic E-state index is 0.00613. The van der Waals surface area contributed by atoms with Crippen molar-refractivity contribution in [3.63, 3.8) is 0 Å². The zero-order valence-electron chi connectivity index (χ0n) is 14.4. The molecule has 2 heterocycles. The van der Waals surface area contributed by atoms with Gasteiger partial charge in [0.25, 0.3) is 11.8 Å². The molecule has 132 valence electrons. The first-order chi connectivity index (χ1) is 12.0. The van der Waals surface area contributed by atoms with E-state index in [4.69, 9.17) is 0 Å². The number of aromatic hydroxyl groups is 1. The number of rotatable bonds is 4. The van der Waals surface area contributed by atoms with Gasteiger partial charge in [-0.05, 0) is 62.6 Å². The Morgan fingerprint density at radius 3 is 2.76 bits per heavy atom. The Balaban J connectivity index is 1.64. The third-order valence-electron chi connectivity index (χ3n) is 4.54. The van der Waals surface area contributed by atoms with Gasteiger partial charge in [0.1, 0.15) is 5.75 Å². The third kappa shape index (κ3) is 3.85. The zero-order chi connectivity index (χ0) is 18.0. The summed E-state index contributed by atoms with van der Waals surface area (Å²) < 4.78 is 0. The number of aryl methyl sites for hydroxylation is 2. The molecule has 0 unspecified atom stereocenters. The average Bonchev–Trinajstić information content (AvgIpc) is 3.23. The van der Waals surface area contributed by atoms with Gasteiger partial charge in [0.2, 0.25) is 0 Å². The van der Waals surface area contributed by atoms with Gasteiger partial charge in [-0.1, -0.05) is 0 Å². The van der Waals surface area contributed by atoms with Crippen molar-refractivity contribution in [3.8, 4) is 5.75 Å². The molecular formula is C19H22N2O3S. The lowest BCUT2D eigenvalue weighted by atomic mass is 10.1. The molecule has 1 aliphatic heterocycles. The number of carbonyl (C=O) groups excluding carboxylic acids is 2. The molecule has 1 atom stereocenters. The molecule has 5 nitrogen and oxygen atoms in total. The van der Waals surface area contributed by atoms with Crippen molar-refractivity contribution in [3.05, 3.63) is 51.2 Å². The number of nitrogens with zero attached hydrogens (tertiary/aromatic N) is 1. The van der Waals surface area contributed by atoms with Crippen molar-refractivity contribution in [2.75, 3.05) is 13.1 Å². The number of hydrogen-bond acceptors (Lipinski definition) is 4. The van der Waals surface area contributed by atoms with E-state index in [1.54, 1.807) is 25.1 Å². The Labute approximate surface area is 151 Å². The van der Waals surface area contributed by atoms with Crippen LogP contribution in [0.5, 0.6) is 5.75 Å². The SMILES string of the molecule is Cc1ccc(C(=O)NC[C@@H]2CCCN2C(=O)c2ccc(O)c(C)c2)s1. The highest BCUT2D eigenvalue weighted by Gasteiger charge is 2.30. The van der Waals surface area contributed by atoms with Crippen molar-refractivity contribution in [1.82, 2.24) is 10.2 Å². The molecule has 1 aliphatic rings. The van der Waals surface area contributed by atoms with Gasteiger partial charge in [-0.25, -0.2) is 0 Å². The van der Waals surface area contributed by atoms with Crippen molar-refractivity contribution < 1.29 is 14.7 Å². The minimum atomic E-state index is -0.0853. The number of nitrogens with one attached hydrogen (secondary N) is 1. The molecule has 2 amide bonds. The highest BCUT2D eigenvalue weighted by molar-refractivity contribution is 7.13. The first kappa shape index (κ1) is 17.5. The van der Waals surface area contributed by atoms with Crippen molar-refractivity contribution in [2.45, 2.75) is 32.7 Å². The molecule has 1 saturated heterocycles. The Morgan fingerprint density at radius 1 is 1.28 bits per heavy atom. The molecule has 0 radical (unpaired) electrons. The van der Waals surface area contributed by atoms with E-state index < -0.39 is 0 Å². The maximum Gasteiger partial charge on any atom is 0.261 e. The fourth-order valence-electron chi connectivity index (χ4n) is 3.12. The fourth-order valence-corrected chi connectivity index (χ4v) is 3.91. The number of carbonyl (C=O) groups is 2. The van der Waals surface area contributed by atoms with Crippen LogP contribution in [0, 0.1) is 13.8 Å². The van der Waals surface area contributed by atoms with Gasteiger partial charge in [0.15, 0.2) is 0 Å². The molecular weight excluding hydrogens is 336 g/mol. The second-order valence-electron chi connectivity index (χ2n) is 6.42. The van der Waals surface area contributed by atoms with E-state index in [-0.39, 0.29) is 23.6 Å². The zero-order valence-corrected chi connectivity index (χ0v) is 15.2. The van der Waals surface area contributed by atoms with Gasteiger partial charge < -0.3 is 15.3 Å². The number of amides is 2. The van der Waals surface area contributed by atoms with Crippen molar-refractivity contribution >= 4 is 23.2 Å². The van der Waals surface area contributed by atoms with E-state index in [2.05, 4.69) is 5.32 Å². The van der Waals surface area contributed by atoms with Crippen molar-refractivity contribution in [2.24, 2.45) is 0 Å². The lowest BCUT2D eigenvalue weighted by Crippen LogP contribution is -2.43. The number of phenolic OH excluding ortho intramolecular Hbond substituents is 1. The molecule has 0 aliphatic carbocycles. The predicted molar refractivity (Wildman–Crippen MR) is 98.3 cm³/mol. The third-order valence-corrected chi connectivity index (χ3v) is 5.54. The summed E-state index contributed by atoms with van der Waals surface area (Å²) >= 11 is 1.47. The first-order valence-electron chi connectivity index (χ1n) is 8.41. The summed E-state index contributed by atoms with van der Waals surface area (Å²) in [5.41, 5.74) is 1.25. The van der Waals surface area contributed by atoms with E-state index in [1.807, 2.05) is 24.0 Å². The van der Waals surface area contributed by atoms with Crippen LogP contribution >= 0.6 is 11.3 Å². The van der Waals surface area contributed by atoms with Crippen LogP contribution in [0.4, 0.5) is 0 Å². The summed E-state index contributed by atoms with van der Waals surface area (Å²) in [6.45, 7) is 4.89. The van der Waals surface area contributed by atoms with Gasteiger partial charge in [0, 0.05) is 29.6 Å². The largest absolute Gasteiger partial charge is 0.508 e. The molecule has 1 aromatic heterocycles. The van der Waals surface area contributed by atoms with Crippen LogP contribution in [0.15, 0.2) is 30.3 Å². The second kappa shape index (κ2) is 7.27. The normalized spacial score (nSPS) is 16.9. The number of likely N-dealkylation sites (tertiary alicyclic amines) is 1. The van der Waals surface area contributed by atoms with Crippen LogP contribution in [0.3, 0.4) is 0 Å². The highest BCUT2D eigenvalue weighted by Crippen LogP contribution is 2.23. The molecule has 0 saturated carbocycles. The van der Waals surface area contributed by atoms with Crippen LogP contribution < -0.4 is 5.32 Å². The standard InChI is InChI=1S/C19H22N2O3S/c1-12-10-14(6-7-16(12)22)19(24)21-9-3-4-15(21)11-20-18(23)17-8-5-13(2)25-17/h5-8,10,15,22H,3-4,9,11H2,1-2H3,(H,20,23)/t15-/m0/s1. The van der Waals surface area contributed by atoms with Gasteiger partial charge in [-0.2, -0.15) is 0 Å².